The second kappa shape index (κ2) is 6.73. The molecule has 1 aromatic heterocycles. The zero-order valence-electron chi connectivity index (χ0n) is 12.8. The molecular weight excluding hydrogens is 276 g/mol. The molecule has 21 heavy (non-hydrogen) atoms. The topological polar surface area (TPSA) is 15.3 Å². The summed E-state index contributed by atoms with van der Waals surface area (Å²) in [6, 6.07) is 16.5. The lowest BCUT2D eigenvalue weighted by Crippen LogP contribution is -2.43. The van der Waals surface area contributed by atoms with Crippen molar-refractivity contribution in [3.8, 4) is 0 Å². The number of thiophene rings is 1. The van der Waals surface area contributed by atoms with Crippen LogP contribution in [0.1, 0.15) is 35.2 Å². The molecule has 0 amide bonds. The van der Waals surface area contributed by atoms with E-state index in [1.54, 1.807) is 0 Å². The molecule has 0 aliphatic heterocycles. The number of hydrogen-bond acceptors (Lipinski definition) is 3. The Morgan fingerprint density at radius 3 is 2.52 bits per heavy atom. The van der Waals surface area contributed by atoms with E-state index in [1.165, 1.54) is 23.3 Å². The molecule has 0 saturated heterocycles. The van der Waals surface area contributed by atoms with E-state index in [2.05, 4.69) is 72.2 Å². The Balaban J connectivity index is 1.48. The molecule has 2 nitrogen and oxygen atoms in total. The van der Waals surface area contributed by atoms with Gasteiger partial charge in [0.25, 0.3) is 0 Å². The average Bonchev–Trinajstić information content (AvgIpc) is 2.95. The van der Waals surface area contributed by atoms with Gasteiger partial charge in [0.15, 0.2) is 0 Å². The van der Waals surface area contributed by atoms with Crippen molar-refractivity contribution in [2.24, 2.45) is 0 Å². The van der Waals surface area contributed by atoms with Crippen LogP contribution in [0, 0.1) is 0 Å². The summed E-state index contributed by atoms with van der Waals surface area (Å²) in [5.41, 5.74) is 1.50. The second-order valence-corrected chi connectivity index (χ2v) is 7.16. The highest BCUT2D eigenvalue weighted by molar-refractivity contribution is 7.10. The minimum Gasteiger partial charge on any atom is -0.312 e. The van der Waals surface area contributed by atoms with Crippen LogP contribution in [0.15, 0.2) is 47.8 Å². The van der Waals surface area contributed by atoms with Crippen molar-refractivity contribution < 1.29 is 0 Å². The van der Waals surface area contributed by atoms with Gasteiger partial charge in [0, 0.05) is 17.5 Å². The SMILES string of the molecule is CN(C)C(CNC1CC(c2ccccc2)C1)c1cccs1. The van der Waals surface area contributed by atoms with Crippen LogP contribution < -0.4 is 5.32 Å². The summed E-state index contributed by atoms with van der Waals surface area (Å²) in [4.78, 5) is 3.76. The first-order valence-corrected chi connectivity index (χ1v) is 8.60. The van der Waals surface area contributed by atoms with E-state index in [0.717, 1.165) is 12.5 Å². The summed E-state index contributed by atoms with van der Waals surface area (Å²) >= 11 is 1.85. The van der Waals surface area contributed by atoms with Crippen LogP contribution in [0.4, 0.5) is 0 Å². The fourth-order valence-electron chi connectivity index (χ4n) is 3.08. The molecule has 1 aliphatic rings. The van der Waals surface area contributed by atoms with E-state index < -0.39 is 0 Å². The average molecular weight is 300 g/mol. The molecule has 1 aliphatic carbocycles. The molecule has 1 atom stereocenters. The third kappa shape index (κ3) is 3.54. The highest BCUT2D eigenvalue weighted by atomic mass is 32.1. The molecule has 1 saturated carbocycles. The first-order valence-electron chi connectivity index (χ1n) is 7.72. The zero-order valence-corrected chi connectivity index (χ0v) is 13.6. The van der Waals surface area contributed by atoms with Gasteiger partial charge in [-0.15, -0.1) is 11.3 Å². The van der Waals surface area contributed by atoms with Gasteiger partial charge in [-0.05, 0) is 49.9 Å². The lowest BCUT2D eigenvalue weighted by molar-refractivity contribution is 0.239. The Labute approximate surface area is 131 Å². The van der Waals surface area contributed by atoms with Gasteiger partial charge < -0.3 is 10.2 Å². The van der Waals surface area contributed by atoms with E-state index in [1.807, 2.05) is 11.3 Å². The summed E-state index contributed by atoms with van der Waals surface area (Å²) in [5, 5.41) is 5.92. The van der Waals surface area contributed by atoms with Gasteiger partial charge in [-0.2, -0.15) is 0 Å². The van der Waals surface area contributed by atoms with Crippen molar-refractivity contribution in [2.75, 3.05) is 20.6 Å². The number of hydrogen-bond donors (Lipinski definition) is 1. The molecule has 0 bridgehead atoms. The standard InChI is InChI=1S/C18H24N2S/c1-20(2)17(18-9-6-10-21-18)13-19-16-11-15(12-16)14-7-4-3-5-8-14/h3-10,15-17,19H,11-13H2,1-2H3. The molecule has 1 aromatic carbocycles. The second-order valence-electron chi connectivity index (χ2n) is 6.18. The van der Waals surface area contributed by atoms with E-state index in [-0.39, 0.29) is 0 Å². The third-order valence-electron chi connectivity index (χ3n) is 4.50. The van der Waals surface area contributed by atoms with Gasteiger partial charge in [0.1, 0.15) is 0 Å². The lowest BCUT2D eigenvalue weighted by atomic mass is 9.76. The summed E-state index contributed by atoms with van der Waals surface area (Å²) < 4.78 is 0. The molecule has 3 heteroatoms. The van der Waals surface area contributed by atoms with Crippen LogP contribution in [-0.4, -0.2) is 31.6 Å². The number of nitrogens with zero attached hydrogens (tertiary/aromatic N) is 1. The first kappa shape index (κ1) is 14.8. The minimum absolute atomic E-state index is 0.487. The lowest BCUT2D eigenvalue weighted by Gasteiger charge is -2.38. The van der Waals surface area contributed by atoms with Crippen molar-refractivity contribution in [2.45, 2.75) is 30.8 Å². The maximum Gasteiger partial charge on any atom is 0.0561 e. The number of likely N-dealkylation sites (N-methyl/N-ethyl adjacent to an activating group) is 1. The Bertz CT molecular complexity index is 530. The number of rotatable bonds is 6. The van der Waals surface area contributed by atoms with Crippen molar-refractivity contribution >= 4 is 11.3 Å². The van der Waals surface area contributed by atoms with E-state index >= 15 is 0 Å². The molecule has 1 unspecified atom stereocenters. The fraction of sp³-hybridized carbons (Fsp3) is 0.444. The van der Waals surface area contributed by atoms with Crippen LogP contribution in [0.3, 0.4) is 0 Å². The van der Waals surface area contributed by atoms with Gasteiger partial charge in [-0.3, -0.25) is 0 Å². The Morgan fingerprint density at radius 1 is 1.14 bits per heavy atom. The largest absolute Gasteiger partial charge is 0.312 e. The Hall–Kier alpha value is -1.16. The van der Waals surface area contributed by atoms with Gasteiger partial charge in [-0.25, -0.2) is 0 Å². The van der Waals surface area contributed by atoms with Gasteiger partial charge in [-0.1, -0.05) is 36.4 Å². The maximum atomic E-state index is 3.75. The summed E-state index contributed by atoms with van der Waals surface area (Å²) in [6.07, 6.45) is 2.54. The third-order valence-corrected chi connectivity index (χ3v) is 5.48. The molecular formula is C18H24N2S. The molecule has 1 heterocycles. The Kier molecular flexibility index (Phi) is 4.73. The number of benzene rings is 1. The maximum absolute atomic E-state index is 3.75. The molecule has 112 valence electrons. The van der Waals surface area contributed by atoms with E-state index in [9.17, 15) is 0 Å². The van der Waals surface area contributed by atoms with E-state index in [4.69, 9.17) is 0 Å². The fourth-order valence-corrected chi connectivity index (χ4v) is 4.00. The smallest absolute Gasteiger partial charge is 0.0561 e. The number of nitrogens with one attached hydrogen (secondary N) is 1. The molecule has 3 rings (SSSR count). The highest BCUT2D eigenvalue weighted by Crippen LogP contribution is 2.37. The van der Waals surface area contributed by atoms with Crippen molar-refractivity contribution in [1.29, 1.82) is 0 Å². The quantitative estimate of drug-likeness (QED) is 0.871. The molecule has 0 radical (unpaired) electrons. The van der Waals surface area contributed by atoms with Crippen LogP contribution in [0.5, 0.6) is 0 Å². The van der Waals surface area contributed by atoms with Gasteiger partial charge >= 0.3 is 0 Å². The van der Waals surface area contributed by atoms with Gasteiger partial charge in [0.2, 0.25) is 0 Å². The first-order chi connectivity index (χ1) is 10.2. The van der Waals surface area contributed by atoms with Crippen LogP contribution in [-0.2, 0) is 0 Å². The zero-order chi connectivity index (χ0) is 14.7. The van der Waals surface area contributed by atoms with Crippen LogP contribution >= 0.6 is 11.3 Å². The Morgan fingerprint density at radius 2 is 1.90 bits per heavy atom. The van der Waals surface area contributed by atoms with Crippen molar-refractivity contribution in [1.82, 2.24) is 10.2 Å². The molecule has 1 fully saturated rings. The summed E-state index contributed by atoms with van der Waals surface area (Å²) in [7, 11) is 4.33. The molecule has 0 spiro atoms. The monoisotopic (exact) mass is 300 g/mol. The minimum atomic E-state index is 0.487. The molecule has 1 N–H and O–H groups in total. The van der Waals surface area contributed by atoms with Crippen LogP contribution in [0.25, 0.3) is 0 Å². The highest BCUT2D eigenvalue weighted by Gasteiger charge is 2.30. The van der Waals surface area contributed by atoms with E-state index in [0.29, 0.717) is 12.1 Å². The van der Waals surface area contributed by atoms with Crippen molar-refractivity contribution in [3.63, 3.8) is 0 Å². The van der Waals surface area contributed by atoms with Crippen LogP contribution in [0.2, 0.25) is 0 Å². The molecule has 2 aromatic rings. The normalized spacial score (nSPS) is 23.0. The van der Waals surface area contributed by atoms with Gasteiger partial charge in [0.05, 0.1) is 6.04 Å². The summed E-state index contributed by atoms with van der Waals surface area (Å²) in [5.74, 6) is 0.753. The van der Waals surface area contributed by atoms with Crippen molar-refractivity contribution in [3.05, 3.63) is 58.3 Å². The summed E-state index contributed by atoms with van der Waals surface area (Å²) in [6.45, 7) is 1.04. The predicted octanol–water partition coefficient (Wildman–Crippen LogP) is 3.89. The predicted molar refractivity (Wildman–Crippen MR) is 91.0 cm³/mol.